The molecule has 1 aliphatic heterocycles. The zero-order valence-corrected chi connectivity index (χ0v) is 14.1. The second-order valence-corrected chi connectivity index (χ2v) is 7.24. The minimum Gasteiger partial charge on any atom is -0.402 e. The number of rotatable bonds is 5. The van der Waals surface area contributed by atoms with Gasteiger partial charge in [0, 0.05) is 11.0 Å². The summed E-state index contributed by atoms with van der Waals surface area (Å²) in [5, 5.41) is 0.771. The van der Waals surface area contributed by atoms with Crippen LogP contribution in [-0.4, -0.2) is 24.3 Å². The molecule has 1 atom stereocenters. The molecule has 2 N–H and O–H groups in total. The van der Waals surface area contributed by atoms with E-state index in [0.29, 0.717) is 0 Å². The highest BCUT2D eigenvalue weighted by Crippen LogP contribution is 2.37. The predicted octanol–water partition coefficient (Wildman–Crippen LogP) is 3.62. The second kappa shape index (κ2) is 6.29. The standard InChI is InChI=1S/C16H25BClNO2/c1-15(2)16(3,4)21-17(20-15)14(19)7-5-6-12-8-10-13(18)11-9-12/h8-11,14H,5-7,19H2,1-4H3. The molecular formula is C16H25BClNO2. The summed E-state index contributed by atoms with van der Waals surface area (Å²) in [7, 11) is -0.319. The smallest absolute Gasteiger partial charge is 0.402 e. The number of halogens is 1. The van der Waals surface area contributed by atoms with Gasteiger partial charge in [-0.25, -0.2) is 0 Å². The van der Waals surface area contributed by atoms with Gasteiger partial charge < -0.3 is 15.0 Å². The van der Waals surface area contributed by atoms with Crippen LogP contribution in [0.15, 0.2) is 24.3 Å². The minimum absolute atomic E-state index is 0.0987. The van der Waals surface area contributed by atoms with Crippen LogP contribution in [0.25, 0.3) is 0 Å². The van der Waals surface area contributed by atoms with Crippen LogP contribution in [0.4, 0.5) is 0 Å². The summed E-state index contributed by atoms with van der Waals surface area (Å²) in [5.41, 5.74) is 6.89. The lowest BCUT2D eigenvalue weighted by atomic mass is 9.76. The van der Waals surface area contributed by atoms with Crippen LogP contribution >= 0.6 is 11.6 Å². The van der Waals surface area contributed by atoms with Gasteiger partial charge in [-0.3, -0.25) is 0 Å². The highest BCUT2D eigenvalue weighted by atomic mass is 35.5. The Labute approximate surface area is 133 Å². The molecule has 1 saturated heterocycles. The molecule has 1 fully saturated rings. The Balaban J connectivity index is 1.80. The van der Waals surface area contributed by atoms with E-state index in [4.69, 9.17) is 26.6 Å². The van der Waals surface area contributed by atoms with Gasteiger partial charge >= 0.3 is 7.12 Å². The van der Waals surface area contributed by atoms with E-state index >= 15 is 0 Å². The lowest BCUT2D eigenvalue weighted by Crippen LogP contribution is -2.41. The van der Waals surface area contributed by atoms with E-state index in [-0.39, 0.29) is 24.3 Å². The Hall–Kier alpha value is -0.545. The third kappa shape index (κ3) is 4.01. The fraction of sp³-hybridized carbons (Fsp3) is 0.625. The van der Waals surface area contributed by atoms with Crippen LogP contribution in [0.1, 0.15) is 46.1 Å². The average molecular weight is 310 g/mol. The van der Waals surface area contributed by atoms with Crippen molar-refractivity contribution in [2.24, 2.45) is 5.73 Å². The molecule has 0 amide bonds. The summed E-state index contributed by atoms with van der Waals surface area (Å²) in [6.07, 6.45) is 2.87. The second-order valence-electron chi connectivity index (χ2n) is 6.81. The highest BCUT2D eigenvalue weighted by Gasteiger charge is 2.52. The molecule has 1 aromatic rings. The Bertz CT molecular complexity index is 460. The van der Waals surface area contributed by atoms with Crippen LogP contribution in [0, 0.1) is 0 Å². The summed E-state index contributed by atoms with van der Waals surface area (Å²) in [6, 6.07) is 7.96. The number of aryl methyl sites for hydroxylation is 1. The maximum atomic E-state index is 6.24. The fourth-order valence-electron chi connectivity index (χ4n) is 2.39. The van der Waals surface area contributed by atoms with Crippen molar-refractivity contribution < 1.29 is 9.31 Å². The normalized spacial score (nSPS) is 21.5. The topological polar surface area (TPSA) is 44.5 Å². The van der Waals surface area contributed by atoms with Crippen molar-refractivity contribution in [1.82, 2.24) is 0 Å². The molecule has 5 heteroatoms. The number of hydrogen-bond donors (Lipinski definition) is 1. The van der Waals surface area contributed by atoms with Gasteiger partial charge in [-0.1, -0.05) is 23.7 Å². The van der Waals surface area contributed by atoms with Crippen LogP contribution < -0.4 is 5.73 Å². The number of benzene rings is 1. The summed E-state index contributed by atoms with van der Waals surface area (Å²) in [4.78, 5) is 0. The number of nitrogens with two attached hydrogens (primary N) is 1. The molecule has 0 radical (unpaired) electrons. The van der Waals surface area contributed by atoms with Crippen molar-refractivity contribution in [3.05, 3.63) is 34.9 Å². The molecule has 21 heavy (non-hydrogen) atoms. The van der Waals surface area contributed by atoms with Crippen LogP contribution in [0.2, 0.25) is 5.02 Å². The Morgan fingerprint density at radius 2 is 1.62 bits per heavy atom. The molecule has 3 nitrogen and oxygen atoms in total. The molecule has 0 aliphatic carbocycles. The van der Waals surface area contributed by atoms with Gasteiger partial charge in [0.25, 0.3) is 0 Å². The first-order valence-electron chi connectivity index (χ1n) is 7.57. The van der Waals surface area contributed by atoms with Crippen molar-refractivity contribution in [3.8, 4) is 0 Å². The summed E-state index contributed by atoms with van der Waals surface area (Å²) in [6.45, 7) is 8.20. The van der Waals surface area contributed by atoms with Gasteiger partial charge in [0.15, 0.2) is 0 Å². The minimum atomic E-state index is -0.319. The van der Waals surface area contributed by atoms with E-state index in [1.165, 1.54) is 5.56 Å². The molecule has 0 saturated carbocycles. The monoisotopic (exact) mass is 309 g/mol. The quantitative estimate of drug-likeness (QED) is 0.845. The first kappa shape index (κ1) is 16.8. The zero-order valence-electron chi connectivity index (χ0n) is 13.4. The van der Waals surface area contributed by atoms with Crippen molar-refractivity contribution >= 4 is 18.7 Å². The van der Waals surface area contributed by atoms with Crippen molar-refractivity contribution in [2.75, 3.05) is 0 Å². The van der Waals surface area contributed by atoms with Crippen LogP contribution in [-0.2, 0) is 15.7 Å². The van der Waals surface area contributed by atoms with Crippen molar-refractivity contribution in [3.63, 3.8) is 0 Å². The molecular weight excluding hydrogens is 284 g/mol. The maximum Gasteiger partial charge on any atom is 0.475 e. The van der Waals surface area contributed by atoms with Crippen LogP contribution in [0.3, 0.4) is 0 Å². The molecule has 116 valence electrons. The van der Waals surface area contributed by atoms with Gasteiger partial charge in [-0.2, -0.15) is 0 Å². The lowest BCUT2D eigenvalue weighted by molar-refractivity contribution is 0.00578. The van der Waals surface area contributed by atoms with E-state index in [1.54, 1.807) is 0 Å². The molecule has 0 aromatic heterocycles. The highest BCUT2D eigenvalue weighted by molar-refractivity contribution is 6.47. The van der Waals surface area contributed by atoms with Crippen molar-refractivity contribution in [2.45, 2.75) is 64.1 Å². The lowest BCUT2D eigenvalue weighted by Gasteiger charge is -2.32. The fourth-order valence-corrected chi connectivity index (χ4v) is 2.52. The predicted molar refractivity (Wildman–Crippen MR) is 88.4 cm³/mol. The first-order chi connectivity index (χ1) is 9.71. The molecule has 1 aromatic carbocycles. The van der Waals surface area contributed by atoms with E-state index in [9.17, 15) is 0 Å². The Morgan fingerprint density at radius 3 is 2.14 bits per heavy atom. The van der Waals surface area contributed by atoms with E-state index in [0.717, 1.165) is 24.3 Å². The first-order valence-corrected chi connectivity index (χ1v) is 7.95. The van der Waals surface area contributed by atoms with Crippen molar-refractivity contribution in [1.29, 1.82) is 0 Å². The maximum absolute atomic E-state index is 6.24. The van der Waals surface area contributed by atoms with Gasteiger partial charge in [0.05, 0.1) is 11.2 Å². The van der Waals surface area contributed by atoms with Gasteiger partial charge in [0.2, 0.25) is 0 Å². The van der Waals surface area contributed by atoms with E-state index in [1.807, 2.05) is 39.8 Å². The molecule has 2 rings (SSSR count). The van der Waals surface area contributed by atoms with Gasteiger partial charge in [-0.05, 0) is 64.7 Å². The zero-order chi connectivity index (χ0) is 15.7. The molecule has 0 spiro atoms. The molecule has 1 heterocycles. The molecule has 0 bridgehead atoms. The molecule has 1 unspecified atom stereocenters. The van der Waals surface area contributed by atoms with Gasteiger partial charge in [0.1, 0.15) is 0 Å². The molecule has 1 aliphatic rings. The third-order valence-electron chi connectivity index (χ3n) is 4.54. The van der Waals surface area contributed by atoms with Crippen LogP contribution in [0.5, 0.6) is 0 Å². The summed E-state index contributed by atoms with van der Waals surface area (Å²) >= 11 is 5.88. The Morgan fingerprint density at radius 1 is 1.10 bits per heavy atom. The van der Waals surface area contributed by atoms with Gasteiger partial charge in [-0.15, -0.1) is 0 Å². The SMILES string of the molecule is CC1(C)OB(C(N)CCCc2ccc(Cl)cc2)OC1(C)C. The largest absolute Gasteiger partial charge is 0.475 e. The average Bonchev–Trinajstić information content (AvgIpc) is 2.61. The Kier molecular flexibility index (Phi) is 5.04. The summed E-state index contributed by atoms with van der Waals surface area (Å²) < 4.78 is 12.0. The summed E-state index contributed by atoms with van der Waals surface area (Å²) in [5.74, 6) is -0.0987. The van der Waals surface area contributed by atoms with E-state index < -0.39 is 0 Å². The third-order valence-corrected chi connectivity index (χ3v) is 4.79. The number of hydrogen-bond acceptors (Lipinski definition) is 3. The van der Waals surface area contributed by atoms with E-state index in [2.05, 4.69) is 12.1 Å².